The van der Waals surface area contributed by atoms with Crippen molar-refractivity contribution in [3.8, 4) is 0 Å². The summed E-state index contributed by atoms with van der Waals surface area (Å²) in [7, 11) is 1.79. The largest absolute Gasteiger partial charge is 0.461 e. The van der Waals surface area contributed by atoms with Crippen LogP contribution in [-0.4, -0.2) is 70.9 Å². The van der Waals surface area contributed by atoms with Gasteiger partial charge in [0.1, 0.15) is 24.0 Å². The summed E-state index contributed by atoms with van der Waals surface area (Å²) >= 11 is 0. The lowest BCUT2D eigenvalue weighted by Gasteiger charge is -2.36. The molecule has 10 nitrogen and oxygen atoms in total. The lowest BCUT2D eigenvalue weighted by atomic mass is 9.78. The second-order valence-corrected chi connectivity index (χ2v) is 13.9. The topological polar surface area (TPSA) is 119 Å². The Morgan fingerprint density at radius 2 is 1.69 bits per heavy atom. The Kier molecular flexibility index (Phi) is 10.8. The standard InChI is InChI=1S/C37H47FN4O6/c1-6-47-35(45)31-21-26-20-27(16-17-30(26)41(31)5)39-33(43)32-28(23-10-8-7-9-11-23)18-19-42(32)34(44)25-14-12-24(13-15-25)29(22-38)40-36(46)48-37(2,3)4/h7-11,16-17,20-21,24-25,28-29,32H,6,12-15,18-19,22H2,1-5H3,(H,39,43)(H,40,46)/t24-,25-,28-,29?,32+/m1/s1. The van der Waals surface area contributed by atoms with Crippen molar-refractivity contribution in [2.45, 2.75) is 83.4 Å². The summed E-state index contributed by atoms with van der Waals surface area (Å²) in [6, 6.07) is 15.6. The zero-order chi connectivity index (χ0) is 34.6. The van der Waals surface area contributed by atoms with Gasteiger partial charge in [-0.05, 0) is 95.5 Å². The number of aromatic nitrogens is 1. The number of carbonyl (C=O) groups excluding carboxylic acids is 4. The van der Waals surface area contributed by atoms with Gasteiger partial charge >= 0.3 is 12.1 Å². The number of fused-ring (bicyclic) bond motifs is 1. The third-order valence-electron chi connectivity index (χ3n) is 9.53. The molecule has 1 unspecified atom stereocenters. The highest BCUT2D eigenvalue weighted by atomic mass is 19.1. The van der Waals surface area contributed by atoms with Gasteiger partial charge < -0.3 is 29.6 Å². The van der Waals surface area contributed by atoms with E-state index in [4.69, 9.17) is 9.47 Å². The van der Waals surface area contributed by atoms with Crippen molar-refractivity contribution in [2.24, 2.45) is 18.9 Å². The van der Waals surface area contributed by atoms with Crippen molar-refractivity contribution >= 4 is 40.5 Å². The normalized spacial score (nSPS) is 21.8. The molecular formula is C37H47FN4O6. The van der Waals surface area contributed by atoms with Crippen molar-refractivity contribution in [3.05, 3.63) is 65.9 Å². The van der Waals surface area contributed by atoms with Crippen molar-refractivity contribution in [1.82, 2.24) is 14.8 Å². The molecule has 0 bridgehead atoms. The Bertz CT molecular complexity index is 1630. The first kappa shape index (κ1) is 34.9. The summed E-state index contributed by atoms with van der Waals surface area (Å²) in [5.74, 6) is -1.35. The molecule has 2 aliphatic rings. The number of nitrogens with one attached hydrogen (secondary N) is 2. The Morgan fingerprint density at radius 1 is 0.979 bits per heavy atom. The average Bonchev–Trinajstić information content (AvgIpc) is 3.65. The fraction of sp³-hybridized carbons (Fsp3) is 0.514. The first-order valence-corrected chi connectivity index (χ1v) is 16.9. The van der Waals surface area contributed by atoms with E-state index in [2.05, 4.69) is 10.6 Å². The van der Waals surface area contributed by atoms with Crippen molar-refractivity contribution in [3.63, 3.8) is 0 Å². The number of amides is 3. The fourth-order valence-corrected chi connectivity index (χ4v) is 7.20. The van der Waals surface area contributed by atoms with Gasteiger partial charge in [-0.15, -0.1) is 0 Å². The third kappa shape index (κ3) is 7.82. The number of alkyl carbamates (subject to hydrolysis) is 1. The van der Waals surface area contributed by atoms with Gasteiger partial charge in [0, 0.05) is 42.0 Å². The molecule has 48 heavy (non-hydrogen) atoms. The monoisotopic (exact) mass is 662 g/mol. The Morgan fingerprint density at radius 3 is 2.33 bits per heavy atom. The summed E-state index contributed by atoms with van der Waals surface area (Å²) in [6.07, 6.45) is 2.26. The highest BCUT2D eigenvalue weighted by Crippen LogP contribution is 2.39. The van der Waals surface area contributed by atoms with Crippen LogP contribution in [0.2, 0.25) is 0 Å². The average molecular weight is 663 g/mol. The lowest BCUT2D eigenvalue weighted by molar-refractivity contribution is -0.141. The highest BCUT2D eigenvalue weighted by Gasteiger charge is 2.45. The number of carbonyl (C=O) groups is 4. The number of ether oxygens (including phenoxy) is 2. The third-order valence-corrected chi connectivity index (χ3v) is 9.53. The van der Waals surface area contributed by atoms with E-state index in [0.717, 1.165) is 16.5 Å². The van der Waals surface area contributed by atoms with E-state index >= 15 is 0 Å². The molecule has 2 heterocycles. The molecule has 2 N–H and O–H groups in total. The zero-order valence-corrected chi connectivity index (χ0v) is 28.5. The van der Waals surface area contributed by atoms with E-state index in [1.165, 1.54) is 0 Å². The number of alkyl halides is 1. The Hall–Kier alpha value is -4.41. The molecule has 1 saturated heterocycles. The molecule has 3 amide bonds. The summed E-state index contributed by atoms with van der Waals surface area (Å²) in [5.41, 5.74) is 2.11. The molecule has 11 heteroatoms. The van der Waals surface area contributed by atoms with Crippen molar-refractivity contribution in [2.75, 3.05) is 25.1 Å². The molecule has 1 aromatic heterocycles. The fourth-order valence-electron chi connectivity index (χ4n) is 7.20. The van der Waals surface area contributed by atoms with Crippen molar-refractivity contribution < 1.29 is 33.0 Å². The highest BCUT2D eigenvalue weighted by molar-refractivity contribution is 6.01. The van der Waals surface area contributed by atoms with Crippen LogP contribution in [0.5, 0.6) is 0 Å². The lowest BCUT2D eigenvalue weighted by Crippen LogP contribution is -2.49. The van der Waals surface area contributed by atoms with Gasteiger partial charge in [-0.25, -0.2) is 14.0 Å². The van der Waals surface area contributed by atoms with E-state index < -0.39 is 36.4 Å². The van der Waals surface area contributed by atoms with Crippen LogP contribution in [0.15, 0.2) is 54.6 Å². The summed E-state index contributed by atoms with van der Waals surface area (Å²) < 4.78 is 26.3. The number of benzene rings is 2. The van der Waals surface area contributed by atoms with Crippen LogP contribution in [-0.2, 0) is 26.1 Å². The van der Waals surface area contributed by atoms with Crippen LogP contribution in [0.1, 0.15) is 81.8 Å². The maximum atomic E-state index is 14.1. The molecule has 5 rings (SSSR count). The zero-order valence-electron chi connectivity index (χ0n) is 28.5. The van der Waals surface area contributed by atoms with E-state index in [-0.39, 0.29) is 36.2 Å². The Labute approximate surface area is 281 Å². The van der Waals surface area contributed by atoms with Crippen LogP contribution >= 0.6 is 0 Å². The smallest absolute Gasteiger partial charge is 0.407 e. The molecule has 1 saturated carbocycles. The molecule has 3 aromatic rings. The van der Waals surface area contributed by atoms with Gasteiger partial charge in [0.15, 0.2) is 0 Å². The van der Waals surface area contributed by atoms with Gasteiger partial charge in [0.05, 0.1) is 12.6 Å². The number of likely N-dealkylation sites (tertiary alicyclic amines) is 1. The SMILES string of the molecule is CCOC(=O)c1cc2cc(NC(=O)[C@@H]3[C@@H](c4ccccc4)CCN3C(=O)[C@H]3CC[C@H](C(CF)NC(=O)OC(C)(C)C)CC3)ccc2n1C. The van der Waals surface area contributed by atoms with Gasteiger partial charge in [0.25, 0.3) is 0 Å². The van der Waals surface area contributed by atoms with Crippen molar-refractivity contribution in [1.29, 1.82) is 0 Å². The van der Waals surface area contributed by atoms with E-state index in [1.807, 2.05) is 42.5 Å². The van der Waals surface area contributed by atoms with Crippen LogP contribution in [0.3, 0.4) is 0 Å². The van der Waals surface area contributed by atoms with Crippen LogP contribution in [0, 0.1) is 11.8 Å². The molecule has 258 valence electrons. The first-order valence-electron chi connectivity index (χ1n) is 16.9. The van der Waals surface area contributed by atoms with E-state index in [0.29, 0.717) is 50.0 Å². The summed E-state index contributed by atoms with van der Waals surface area (Å²) in [6.45, 7) is 7.03. The number of esters is 1. The minimum Gasteiger partial charge on any atom is -0.461 e. The maximum absolute atomic E-state index is 14.1. The summed E-state index contributed by atoms with van der Waals surface area (Å²) in [4.78, 5) is 54.7. The molecular weight excluding hydrogens is 615 g/mol. The molecule has 2 fully saturated rings. The molecule has 1 aliphatic heterocycles. The number of aryl methyl sites for hydroxylation is 1. The minimum atomic E-state index is -0.716. The predicted octanol–water partition coefficient (Wildman–Crippen LogP) is 6.35. The quantitative estimate of drug-likeness (QED) is 0.258. The second kappa shape index (κ2) is 14.8. The molecule has 0 radical (unpaired) electrons. The van der Waals surface area contributed by atoms with Gasteiger partial charge in [-0.3, -0.25) is 9.59 Å². The van der Waals surface area contributed by atoms with E-state index in [1.54, 1.807) is 56.3 Å². The number of rotatable bonds is 9. The Balaban J connectivity index is 1.30. The predicted molar refractivity (Wildman–Crippen MR) is 181 cm³/mol. The van der Waals surface area contributed by atoms with Crippen LogP contribution in [0.25, 0.3) is 10.9 Å². The van der Waals surface area contributed by atoms with Crippen LogP contribution < -0.4 is 10.6 Å². The maximum Gasteiger partial charge on any atom is 0.407 e. The second-order valence-electron chi connectivity index (χ2n) is 13.9. The van der Waals surface area contributed by atoms with Crippen LogP contribution in [0.4, 0.5) is 14.9 Å². The number of hydrogen-bond donors (Lipinski definition) is 2. The minimum absolute atomic E-state index is 0.0680. The first-order chi connectivity index (χ1) is 22.9. The number of nitrogens with zero attached hydrogens (tertiary/aromatic N) is 2. The summed E-state index contributed by atoms with van der Waals surface area (Å²) in [5, 5.41) is 6.52. The van der Waals surface area contributed by atoms with Gasteiger partial charge in [-0.1, -0.05) is 30.3 Å². The molecule has 2 aromatic carbocycles. The number of halogens is 1. The number of anilines is 1. The molecule has 3 atom stereocenters. The van der Waals surface area contributed by atoms with E-state index in [9.17, 15) is 23.6 Å². The molecule has 1 aliphatic carbocycles. The number of hydrogen-bond acceptors (Lipinski definition) is 6. The van der Waals surface area contributed by atoms with Gasteiger partial charge in [0.2, 0.25) is 11.8 Å². The molecule has 0 spiro atoms. The van der Waals surface area contributed by atoms with Gasteiger partial charge in [-0.2, -0.15) is 0 Å².